The standard InChI is InChI=1S/C3H7NOS2/c5-1-3(2-6)4-7/h1,3-4,6-7H,2H2/t3-/m1/s1. The molecular formula is C3H7NOS2. The van der Waals surface area contributed by atoms with Crippen molar-refractivity contribution in [1.82, 2.24) is 4.72 Å². The van der Waals surface area contributed by atoms with E-state index < -0.39 is 0 Å². The third kappa shape index (κ3) is 2.96. The monoisotopic (exact) mass is 137 g/mol. The van der Waals surface area contributed by atoms with E-state index in [0.717, 1.165) is 6.29 Å². The van der Waals surface area contributed by atoms with Crippen molar-refractivity contribution < 1.29 is 4.79 Å². The van der Waals surface area contributed by atoms with Crippen molar-refractivity contribution in [2.45, 2.75) is 6.04 Å². The molecule has 0 unspecified atom stereocenters. The van der Waals surface area contributed by atoms with Gasteiger partial charge >= 0.3 is 0 Å². The van der Waals surface area contributed by atoms with Crippen molar-refractivity contribution >= 4 is 31.7 Å². The maximum absolute atomic E-state index is 9.81. The lowest BCUT2D eigenvalue weighted by Gasteiger charge is -1.99. The van der Waals surface area contributed by atoms with Gasteiger partial charge in [-0.1, -0.05) is 12.8 Å². The summed E-state index contributed by atoms with van der Waals surface area (Å²) in [5, 5.41) is 0. The molecule has 0 aromatic carbocycles. The van der Waals surface area contributed by atoms with Crippen LogP contribution in [0.2, 0.25) is 0 Å². The number of hydrogen-bond donors (Lipinski definition) is 3. The van der Waals surface area contributed by atoms with E-state index in [0.29, 0.717) is 5.75 Å². The van der Waals surface area contributed by atoms with Crippen molar-refractivity contribution in [3.8, 4) is 0 Å². The van der Waals surface area contributed by atoms with Crippen LogP contribution in [-0.2, 0) is 4.79 Å². The highest BCUT2D eigenvalue weighted by Crippen LogP contribution is 1.81. The first-order valence-corrected chi connectivity index (χ1v) is 2.89. The summed E-state index contributed by atoms with van der Waals surface area (Å²) in [4.78, 5) is 9.81. The summed E-state index contributed by atoms with van der Waals surface area (Å²) in [7, 11) is 0. The van der Waals surface area contributed by atoms with E-state index in [9.17, 15) is 4.79 Å². The van der Waals surface area contributed by atoms with Gasteiger partial charge in [0.1, 0.15) is 6.29 Å². The first-order valence-electron chi connectivity index (χ1n) is 1.81. The average Bonchev–Trinajstić information content (AvgIpc) is 1.72. The molecule has 7 heavy (non-hydrogen) atoms. The third-order valence-corrected chi connectivity index (χ3v) is 1.25. The van der Waals surface area contributed by atoms with Gasteiger partial charge in [0.25, 0.3) is 0 Å². The second kappa shape index (κ2) is 4.49. The molecule has 2 nitrogen and oxygen atoms in total. The van der Waals surface area contributed by atoms with Gasteiger partial charge in [-0.15, -0.1) is 0 Å². The zero-order valence-corrected chi connectivity index (χ0v) is 5.45. The van der Waals surface area contributed by atoms with Crippen LogP contribution in [-0.4, -0.2) is 18.1 Å². The van der Waals surface area contributed by atoms with E-state index in [-0.39, 0.29) is 6.04 Å². The molecule has 0 amide bonds. The highest BCUT2D eigenvalue weighted by molar-refractivity contribution is 7.80. The van der Waals surface area contributed by atoms with Gasteiger partial charge in [-0.3, -0.25) is 4.72 Å². The van der Waals surface area contributed by atoms with Crippen LogP contribution in [0.3, 0.4) is 0 Å². The van der Waals surface area contributed by atoms with Crippen molar-refractivity contribution in [3.05, 3.63) is 0 Å². The molecule has 0 rings (SSSR count). The highest BCUT2D eigenvalue weighted by Gasteiger charge is 1.96. The van der Waals surface area contributed by atoms with E-state index in [1.165, 1.54) is 0 Å². The Balaban J connectivity index is 3.16. The Morgan fingerprint density at radius 1 is 1.86 bits per heavy atom. The second-order valence-corrected chi connectivity index (χ2v) is 1.68. The second-order valence-electron chi connectivity index (χ2n) is 1.05. The van der Waals surface area contributed by atoms with Gasteiger partial charge < -0.3 is 4.79 Å². The van der Waals surface area contributed by atoms with E-state index in [1.54, 1.807) is 0 Å². The number of carbonyl (C=O) groups excluding carboxylic acids is 1. The van der Waals surface area contributed by atoms with Crippen LogP contribution in [0, 0.1) is 0 Å². The Morgan fingerprint density at radius 3 is 2.43 bits per heavy atom. The molecule has 0 spiro atoms. The molecule has 0 saturated heterocycles. The minimum absolute atomic E-state index is 0.216. The Bertz CT molecular complexity index is 54.9. The van der Waals surface area contributed by atoms with E-state index in [2.05, 4.69) is 30.2 Å². The number of rotatable bonds is 3. The summed E-state index contributed by atoms with van der Waals surface area (Å²) in [6.07, 6.45) is 0.764. The molecule has 0 fully saturated rings. The summed E-state index contributed by atoms with van der Waals surface area (Å²) in [6, 6.07) is -0.216. The molecule has 0 aromatic rings. The van der Waals surface area contributed by atoms with E-state index in [1.807, 2.05) is 0 Å². The lowest BCUT2D eigenvalue weighted by molar-refractivity contribution is -0.108. The molecular weight excluding hydrogens is 130 g/mol. The molecule has 4 heteroatoms. The van der Waals surface area contributed by atoms with Crippen molar-refractivity contribution in [3.63, 3.8) is 0 Å². The Hall–Kier alpha value is 0.330. The lowest BCUT2D eigenvalue weighted by Crippen LogP contribution is -2.23. The van der Waals surface area contributed by atoms with Crippen LogP contribution in [0.25, 0.3) is 0 Å². The number of hydrogen-bond acceptors (Lipinski definition) is 4. The maximum atomic E-state index is 9.81. The topological polar surface area (TPSA) is 29.1 Å². The Morgan fingerprint density at radius 2 is 2.43 bits per heavy atom. The van der Waals surface area contributed by atoms with Crippen LogP contribution in [0.4, 0.5) is 0 Å². The normalized spacial score (nSPS) is 13.4. The molecule has 1 atom stereocenters. The van der Waals surface area contributed by atoms with Crippen molar-refractivity contribution in [2.24, 2.45) is 0 Å². The Labute approximate surface area is 53.6 Å². The van der Waals surface area contributed by atoms with Gasteiger partial charge in [0.2, 0.25) is 0 Å². The minimum Gasteiger partial charge on any atom is -0.302 e. The molecule has 1 N–H and O–H groups in total. The molecule has 0 aliphatic carbocycles. The van der Waals surface area contributed by atoms with Crippen LogP contribution >= 0.6 is 25.4 Å². The van der Waals surface area contributed by atoms with Crippen LogP contribution in [0.15, 0.2) is 0 Å². The lowest BCUT2D eigenvalue weighted by atomic mass is 10.4. The van der Waals surface area contributed by atoms with Crippen LogP contribution in [0.1, 0.15) is 0 Å². The first kappa shape index (κ1) is 7.33. The molecule has 0 aliphatic heterocycles. The third-order valence-electron chi connectivity index (χ3n) is 0.527. The van der Waals surface area contributed by atoms with E-state index >= 15 is 0 Å². The molecule has 42 valence electrons. The molecule has 0 radical (unpaired) electrons. The molecule has 0 saturated carbocycles. The van der Waals surface area contributed by atoms with Crippen LogP contribution < -0.4 is 4.72 Å². The van der Waals surface area contributed by atoms with Gasteiger partial charge in [-0.25, -0.2) is 0 Å². The summed E-state index contributed by atoms with van der Waals surface area (Å²) in [5.74, 6) is 0.493. The summed E-state index contributed by atoms with van der Waals surface area (Å²) >= 11 is 7.48. The maximum Gasteiger partial charge on any atom is 0.138 e. The van der Waals surface area contributed by atoms with Gasteiger partial charge in [0, 0.05) is 5.75 Å². The number of aldehydes is 1. The van der Waals surface area contributed by atoms with Crippen LogP contribution in [0.5, 0.6) is 0 Å². The first-order chi connectivity index (χ1) is 3.35. The zero-order chi connectivity index (χ0) is 5.70. The van der Waals surface area contributed by atoms with Crippen molar-refractivity contribution in [2.75, 3.05) is 5.75 Å². The summed E-state index contributed by atoms with van der Waals surface area (Å²) in [5.41, 5.74) is 0. The fourth-order valence-electron chi connectivity index (χ4n) is 0.114. The SMILES string of the molecule is O=C[C@H](CS)NS. The predicted octanol–water partition coefficient (Wildman–Crippen LogP) is -0.0819. The summed E-state index contributed by atoms with van der Waals surface area (Å²) in [6.45, 7) is 0. The fraction of sp³-hybridized carbons (Fsp3) is 0.667. The number of thiol groups is 2. The largest absolute Gasteiger partial charge is 0.302 e. The van der Waals surface area contributed by atoms with Gasteiger partial charge in [-0.2, -0.15) is 12.6 Å². The number of nitrogens with one attached hydrogen (secondary N) is 1. The van der Waals surface area contributed by atoms with Crippen molar-refractivity contribution in [1.29, 1.82) is 0 Å². The fourth-order valence-corrected chi connectivity index (χ4v) is 0.588. The highest BCUT2D eigenvalue weighted by atomic mass is 32.1. The molecule has 0 aromatic heterocycles. The minimum atomic E-state index is -0.216. The van der Waals surface area contributed by atoms with Gasteiger partial charge in [0.15, 0.2) is 0 Å². The van der Waals surface area contributed by atoms with Gasteiger partial charge in [-0.05, 0) is 0 Å². The summed E-state index contributed by atoms with van der Waals surface area (Å²) < 4.78 is 2.45. The average molecular weight is 137 g/mol. The molecule has 0 heterocycles. The predicted molar refractivity (Wildman–Crippen MR) is 35.8 cm³/mol. The molecule has 0 aliphatic rings. The van der Waals surface area contributed by atoms with E-state index in [4.69, 9.17) is 0 Å². The Kier molecular flexibility index (Phi) is 4.70. The molecule has 0 bridgehead atoms. The van der Waals surface area contributed by atoms with Gasteiger partial charge in [0.05, 0.1) is 6.04 Å². The smallest absolute Gasteiger partial charge is 0.138 e. The quantitative estimate of drug-likeness (QED) is 0.375. The number of carbonyl (C=O) groups is 1. The zero-order valence-electron chi connectivity index (χ0n) is 3.66.